The minimum atomic E-state index is -3.59. The van der Waals surface area contributed by atoms with E-state index >= 15 is 0 Å². The third-order valence-electron chi connectivity index (χ3n) is 6.37. The lowest BCUT2D eigenvalue weighted by Gasteiger charge is -2.20. The number of Topliss-reactive ketones (excluding diaryl/α,β-unsaturated/α-hetero) is 1. The van der Waals surface area contributed by atoms with Gasteiger partial charge in [-0.1, -0.05) is 25.0 Å². The summed E-state index contributed by atoms with van der Waals surface area (Å²) in [4.78, 5) is 13.1. The maximum Gasteiger partial charge on any atom is 0.243 e. The fraction of sp³-hybridized carbons (Fsp3) is 0.458. The number of rotatable bonds is 8. The molecule has 0 spiro atoms. The second kappa shape index (κ2) is 10.6. The molecule has 0 aromatic heterocycles. The van der Waals surface area contributed by atoms with E-state index in [0.717, 1.165) is 38.5 Å². The SMILES string of the molecule is O=C(CNc1ccc(S(=O)(=O)N2CCCCCC2)cc1)c1cccc(S(=O)(=O)N2CCCC2)c1. The van der Waals surface area contributed by atoms with Crippen molar-refractivity contribution in [1.82, 2.24) is 8.61 Å². The van der Waals surface area contributed by atoms with E-state index in [1.165, 1.54) is 16.4 Å². The Hall–Kier alpha value is -2.27. The van der Waals surface area contributed by atoms with Crippen LogP contribution in [0.2, 0.25) is 0 Å². The van der Waals surface area contributed by atoms with E-state index in [1.54, 1.807) is 40.7 Å². The number of sulfonamides is 2. The molecule has 2 fully saturated rings. The minimum absolute atomic E-state index is 0.0363. The zero-order valence-electron chi connectivity index (χ0n) is 19.1. The summed E-state index contributed by atoms with van der Waals surface area (Å²) < 4.78 is 54.4. The monoisotopic (exact) mass is 505 g/mol. The number of benzene rings is 2. The standard InChI is InChI=1S/C24H31N3O5S2/c28-24(20-8-7-9-23(18-20)34(31,32)27-16-5-6-17-27)19-25-21-10-12-22(13-11-21)33(29,30)26-14-3-1-2-4-15-26/h7-13,18,25H,1-6,14-17,19H2. The van der Waals surface area contributed by atoms with Crippen LogP contribution in [0.5, 0.6) is 0 Å². The summed E-state index contributed by atoms with van der Waals surface area (Å²) >= 11 is 0. The number of hydrogen-bond donors (Lipinski definition) is 1. The Morgan fingerprint density at radius 2 is 1.24 bits per heavy atom. The molecular weight excluding hydrogens is 474 g/mol. The van der Waals surface area contributed by atoms with Gasteiger partial charge in [-0.05, 0) is 62.1 Å². The van der Waals surface area contributed by atoms with E-state index in [-0.39, 0.29) is 22.1 Å². The van der Waals surface area contributed by atoms with E-state index in [0.29, 0.717) is 37.4 Å². The van der Waals surface area contributed by atoms with Gasteiger partial charge < -0.3 is 5.32 Å². The molecule has 2 aromatic carbocycles. The smallest absolute Gasteiger partial charge is 0.243 e. The van der Waals surface area contributed by atoms with Crippen molar-refractivity contribution >= 4 is 31.5 Å². The van der Waals surface area contributed by atoms with Gasteiger partial charge in [-0.15, -0.1) is 0 Å². The Morgan fingerprint density at radius 1 is 0.706 bits per heavy atom. The maximum absolute atomic E-state index is 12.9. The Labute approximate surface area is 202 Å². The van der Waals surface area contributed by atoms with Crippen LogP contribution in [0.1, 0.15) is 48.9 Å². The van der Waals surface area contributed by atoms with E-state index in [9.17, 15) is 21.6 Å². The fourth-order valence-corrected chi connectivity index (χ4v) is 7.45. The molecule has 0 unspecified atom stereocenters. The van der Waals surface area contributed by atoms with Crippen molar-refractivity contribution in [3.63, 3.8) is 0 Å². The molecule has 0 aliphatic carbocycles. The molecular formula is C24H31N3O5S2. The van der Waals surface area contributed by atoms with Crippen molar-refractivity contribution in [3.05, 3.63) is 54.1 Å². The average Bonchev–Trinajstić information content (AvgIpc) is 3.26. The number of nitrogens with one attached hydrogen (secondary N) is 1. The van der Waals surface area contributed by atoms with Gasteiger partial charge in [0.25, 0.3) is 0 Å². The number of ketones is 1. The van der Waals surface area contributed by atoms with Crippen molar-refractivity contribution in [3.8, 4) is 0 Å². The predicted octanol–water partition coefficient (Wildman–Crippen LogP) is 3.33. The number of hydrogen-bond acceptors (Lipinski definition) is 6. The van der Waals surface area contributed by atoms with Crippen molar-refractivity contribution in [1.29, 1.82) is 0 Å². The van der Waals surface area contributed by atoms with Gasteiger partial charge in [-0.2, -0.15) is 8.61 Å². The zero-order chi connectivity index (χ0) is 24.2. The van der Waals surface area contributed by atoms with E-state index in [4.69, 9.17) is 0 Å². The molecule has 184 valence electrons. The molecule has 2 aliphatic rings. The Kier molecular flexibility index (Phi) is 7.71. The van der Waals surface area contributed by atoms with Crippen molar-refractivity contribution in [2.24, 2.45) is 0 Å². The molecule has 2 saturated heterocycles. The number of anilines is 1. The van der Waals surface area contributed by atoms with E-state index < -0.39 is 20.0 Å². The Morgan fingerprint density at radius 3 is 1.82 bits per heavy atom. The Bertz CT molecular complexity index is 1210. The van der Waals surface area contributed by atoms with Gasteiger partial charge in [0.1, 0.15) is 0 Å². The first kappa shape index (κ1) is 24.8. The second-order valence-corrected chi connectivity index (χ2v) is 12.6. The van der Waals surface area contributed by atoms with Crippen LogP contribution in [0.4, 0.5) is 5.69 Å². The van der Waals surface area contributed by atoms with Crippen molar-refractivity contribution < 1.29 is 21.6 Å². The molecule has 2 heterocycles. The minimum Gasteiger partial charge on any atom is -0.378 e. The first-order chi connectivity index (χ1) is 16.3. The summed E-state index contributed by atoms with van der Waals surface area (Å²) in [5.74, 6) is -0.250. The summed E-state index contributed by atoms with van der Waals surface area (Å²) in [5, 5.41) is 3.01. The largest absolute Gasteiger partial charge is 0.378 e. The van der Waals surface area contributed by atoms with Gasteiger partial charge in [0.15, 0.2) is 5.78 Å². The molecule has 0 saturated carbocycles. The van der Waals surface area contributed by atoms with E-state index in [1.807, 2.05) is 0 Å². The molecule has 8 nitrogen and oxygen atoms in total. The number of carbonyl (C=O) groups is 1. The van der Waals surface area contributed by atoms with Gasteiger partial charge in [0.05, 0.1) is 16.3 Å². The van der Waals surface area contributed by atoms with E-state index in [2.05, 4.69) is 5.32 Å². The Balaban J connectivity index is 1.40. The van der Waals surface area contributed by atoms with Crippen LogP contribution < -0.4 is 5.32 Å². The molecule has 2 aliphatic heterocycles. The maximum atomic E-state index is 12.9. The lowest BCUT2D eigenvalue weighted by atomic mass is 10.1. The normalized spacial score (nSPS) is 18.5. The third-order valence-corrected chi connectivity index (χ3v) is 10.2. The second-order valence-electron chi connectivity index (χ2n) is 8.76. The highest BCUT2D eigenvalue weighted by molar-refractivity contribution is 7.89. The molecule has 4 rings (SSSR count). The molecule has 10 heteroatoms. The molecule has 34 heavy (non-hydrogen) atoms. The molecule has 1 N–H and O–H groups in total. The number of nitrogens with zero attached hydrogens (tertiary/aromatic N) is 2. The van der Waals surface area contributed by atoms with Crippen molar-refractivity contribution in [2.45, 2.75) is 48.3 Å². The molecule has 2 aromatic rings. The first-order valence-corrected chi connectivity index (χ1v) is 14.6. The van der Waals surface area contributed by atoms with Crippen molar-refractivity contribution in [2.75, 3.05) is 38.0 Å². The van der Waals surface area contributed by atoms with Gasteiger partial charge >= 0.3 is 0 Å². The van der Waals surface area contributed by atoms with Crippen LogP contribution in [-0.2, 0) is 20.0 Å². The summed E-state index contributed by atoms with van der Waals surface area (Å²) in [6.45, 7) is 2.06. The summed E-state index contributed by atoms with van der Waals surface area (Å²) in [7, 11) is -7.12. The van der Waals surface area contributed by atoms with Crippen LogP contribution in [0.15, 0.2) is 58.3 Å². The van der Waals surface area contributed by atoms with Crippen LogP contribution in [0.3, 0.4) is 0 Å². The third kappa shape index (κ3) is 5.51. The highest BCUT2D eigenvalue weighted by atomic mass is 32.2. The highest BCUT2D eigenvalue weighted by Gasteiger charge is 2.28. The van der Waals surface area contributed by atoms with Gasteiger partial charge in [-0.25, -0.2) is 16.8 Å². The summed E-state index contributed by atoms with van der Waals surface area (Å²) in [5.41, 5.74) is 0.928. The van der Waals surface area contributed by atoms with Gasteiger partial charge in [0.2, 0.25) is 20.0 Å². The fourth-order valence-electron chi connectivity index (χ4n) is 4.37. The molecule has 0 atom stereocenters. The first-order valence-electron chi connectivity index (χ1n) is 11.8. The molecule has 0 bridgehead atoms. The molecule has 0 radical (unpaired) electrons. The predicted molar refractivity (Wildman–Crippen MR) is 131 cm³/mol. The van der Waals surface area contributed by atoms with Crippen LogP contribution in [0.25, 0.3) is 0 Å². The van der Waals surface area contributed by atoms with Crippen LogP contribution >= 0.6 is 0 Å². The zero-order valence-corrected chi connectivity index (χ0v) is 20.8. The van der Waals surface area contributed by atoms with Gasteiger partial charge in [-0.3, -0.25) is 4.79 Å². The highest BCUT2D eigenvalue weighted by Crippen LogP contribution is 2.23. The number of carbonyl (C=O) groups excluding carboxylic acids is 1. The van der Waals surface area contributed by atoms with Gasteiger partial charge in [0, 0.05) is 37.4 Å². The summed E-state index contributed by atoms with van der Waals surface area (Å²) in [6.07, 6.45) is 5.55. The quantitative estimate of drug-likeness (QED) is 0.552. The molecule has 0 amide bonds. The topological polar surface area (TPSA) is 104 Å². The average molecular weight is 506 g/mol. The summed E-state index contributed by atoms with van der Waals surface area (Å²) in [6, 6.07) is 12.5. The lowest BCUT2D eigenvalue weighted by molar-refractivity contribution is 0.101. The van der Waals surface area contributed by atoms with Crippen LogP contribution in [-0.4, -0.2) is 64.0 Å². The van der Waals surface area contributed by atoms with Crippen LogP contribution in [0, 0.1) is 0 Å². The lowest BCUT2D eigenvalue weighted by Crippen LogP contribution is -2.31.